The molecule has 0 N–H and O–H groups in total. The quantitative estimate of drug-likeness (QED) is 0.782. The summed E-state index contributed by atoms with van der Waals surface area (Å²) in [4.78, 5) is 26.7. The largest absolute Gasteiger partial charge is 0.445 e. The molecule has 2 atom stereocenters. The molecule has 2 unspecified atom stereocenters. The maximum absolute atomic E-state index is 12.5. The van der Waals surface area contributed by atoms with Crippen molar-refractivity contribution < 1.29 is 14.3 Å². The van der Waals surface area contributed by atoms with Gasteiger partial charge in [0.25, 0.3) is 0 Å². The van der Waals surface area contributed by atoms with E-state index in [2.05, 4.69) is 0 Å². The van der Waals surface area contributed by atoms with Crippen molar-refractivity contribution in [1.82, 2.24) is 4.90 Å². The second-order valence-corrected chi connectivity index (χ2v) is 7.12. The van der Waals surface area contributed by atoms with Crippen molar-refractivity contribution in [1.29, 1.82) is 0 Å². The van der Waals surface area contributed by atoms with E-state index >= 15 is 0 Å². The minimum absolute atomic E-state index is 0.0515. The van der Waals surface area contributed by atoms with Crippen LogP contribution in [0.5, 0.6) is 0 Å². The Bertz CT molecular complexity index is 620. The average molecular weight is 327 g/mol. The van der Waals surface area contributed by atoms with Gasteiger partial charge in [-0.15, -0.1) is 0 Å². The van der Waals surface area contributed by atoms with Crippen molar-refractivity contribution in [3.63, 3.8) is 0 Å². The molecule has 2 bridgehead atoms. The highest BCUT2D eigenvalue weighted by atomic mass is 16.6. The number of ether oxygens (including phenoxy) is 1. The number of ketones is 1. The second-order valence-electron chi connectivity index (χ2n) is 7.12. The maximum atomic E-state index is 12.5. The summed E-state index contributed by atoms with van der Waals surface area (Å²) in [5.41, 5.74) is 2.03. The molecule has 0 spiro atoms. The molecule has 128 valence electrons. The minimum atomic E-state index is -0.237. The van der Waals surface area contributed by atoms with Crippen molar-refractivity contribution in [2.75, 3.05) is 0 Å². The molecule has 2 heterocycles. The summed E-state index contributed by atoms with van der Waals surface area (Å²) in [5, 5.41) is 0. The summed E-state index contributed by atoms with van der Waals surface area (Å²) in [6.45, 7) is 4.20. The van der Waals surface area contributed by atoms with Crippen molar-refractivity contribution in [3.05, 3.63) is 47.5 Å². The molecule has 2 aliphatic heterocycles. The Kier molecular flexibility index (Phi) is 5.03. The molecule has 4 nitrogen and oxygen atoms in total. The number of fused-ring (bicyclic) bond motifs is 2. The van der Waals surface area contributed by atoms with Crippen molar-refractivity contribution in [2.24, 2.45) is 5.92 Å². The van der Waals surface area contributed by atoms with Crippen LogP contribution in [-0.2, 0) is 16.1 Å². The van der Waals surface area contributed by atoms with Crippen molar-refractivity contribution in [3.8, 4) is 0 Å². The number of amides is 1. The Morgan fingerprint density at radius 1 is 1.12 bits per heavy atom. The number of hydrogen-bond donors (Lipinski definition) is 0. The molecule has 2 saturated heterocycles. The van der Waals surface area contributed by atoms with Crippen LogP contribution >= 0.6 is 0 Å². The smallest absolute Gasteiger partial charge is 0.410 e. The van der Waals surface area contributed by atoms with Crippen LogP contribution in [0.4, 0.5) is 4.79 Å². The third-order valence-corrected chi connectivity index (χ3v) is 4.98. The Morgan fingerprint density at radius 3 is 2.33 bits per heavy atom. The van der Waals surface area contributed by atoms with E-state index in [0.717, 1.165) is 36.8 Å². The highest BCUT2D eigenvalue weighted by Crippen LogP contribution is 2.39. The first-order valence-corrected chi connectivity index (χ1v) is 8.72. The number of carbonyl (C=O) groups is 2. The highest BCUT2D eigenvalue weighted by Gasteiger charge is 2.45. The van der Waals surface area contributed by atoms with E-state index < -0.39 is 0 Å². The molecule has 24 heavy (non-hydrogen) atoms. The lowest BCUT2D eigenvalue weighted by Crippen LogP contribution is -2.47. The van der Waals surface area contributed by atoms with E-state index in [1.165, 1.54) is 0 Å². The molecule has 1 amide bonds. The maximum Gasteiger partial charge on any atom is 0.410 e. The molecule has 1 aromatic rings. The fraction of sp³-hybridized carbons (Fsp3) is 0.500. The van der Waals surface area contributed by atoms with Gasteiger partial charge in [-0.3, -0.25) is 4.79 Å². The first-order valence-electron chi connectivity index (χ1n) is 8.72. The lowest BCUT2D eigenvalue weighted by atomic mass is 9.87. The zero-order chi connectivity index (χ0) is 17.1. The van der Waals surface area contributed by atoms with Crippen LogP contribution in [0.2, 0.25) is 0 Å². The van der Waals surface area contributed by atoms with Gasteiger partial charge in [0, 0.05) is 18.0 Å². The second kappa shape index (κ2) is 7.20. The Hall–Kier alpha value is -2.10. The van der Waals surface area contributed by atoms with Gasteiger partial charge in [0.1, 0.15) is 6.61 Å². The summed E-state index contributed by atoms with van der Waals surface area (Å²) in [6.07, 6.45) is 4.99. The van der Waals surface area contributed by atoms with Gasteiger partial charge in [-0.05, 0) is 51.2 Å². The number of nitrogens with zero attached hydrogens (tertiary/aromatic N) is 1. The molecule has 0 aromatic heterocycles. The lowest BCUT2D eigenvalue weighted by molar-refractivity contribution is -0.120. The molecular weight excluding hydrogens is 302 g/mol. The summed E-state index contributed by atoms with van der Waals surface area (Å²) in [6, 6.07) is 10.0. The fourth-order valence-electron chi connectivity index (χ4n) is 3.90. The van der Waals surface area contributed by atoms with Crippen LogP contribution in [0.3, 0.4) is 0 Å². The van der Waals surface area contributed by atoms with E-state index in [1.54, 1.807) is 6.08 Å². The van der Waals surface area contributed by atoms with E-state index in [1.807, 2.05) is 49.1 Å². The monoisotopic (exact) mass is 327 g/mol. The highest BCUT2D eigenvalue weighted by molar-refractivity contribution is 5.92. The van der Waals surface area contributed by atoms with E-state index in [9.17, 15) is 9.59 Å². The third kappa shape index (κ3) is 3.69. The average Bonchev–Trinajstić information content (AvgIpc) is 2.83. The third-order valence-electron chi connectivity index (χ3n) is 4.98. The normalized spacial score (nSPS) is 25.2. The Labute approximate surface area is 143 Å². The SMILES string of the molecule is CC(C)=CC(=O)C1CC2CCC(C1)N2C(=O)OCc1ccccc1. The van der Waals surface area contributed by atoms with Gasteiger partial charge in [0.05, 0.1) is 0 Å². The zero-order valence-electron chi connectivity index (χ0n) is 14.4. The summed E-state index contributed by atoms with van der Waals surface area (Å²) in [5.74, 6) is 0.264. The van der Waals surface area contributed by atoms with Gasteiger partial charge in [-0.25, -0.2) is 4.79 Å². The standard InChI is InChI=1S/C20H25NO3/c1-14(2)10-19(22)16-11-17-8-9-18(12-16)21(17)20(23)24-13-15-6-4-3-5-7-15/h3-7,10,16-18H,8-9,11-13H2,1-2H3. The molecule has 0 aliphatic carbocycles. The summed E-state index contributed by atoms with van der Waals surface area (Å²) in [7, 11) is 0. The van der Waals surface area contributed by atoms with Crippen LogP contribution in [0.1, 0.15) is 45.1 Å². The van der Waals surface area contributed by atoms with Crippen LogP contribution in [0.15, 0.2) is 42.0 Å². The van der Waals surface area contributed by atoms with Gasteiger partial charge in [-0.1, -0.05) is 35.9 Å². The summed E-state index contributed by atoms with van der Waals surface area (Å²) >= 11 is 0. The van der Waals surface area contributed by atoms with Gasteiger partial charge in [0.15, 0.2) is 5.78 Å². The predicted molar refractivity (Wildman–Crippen MR) is 92.4 cm³/mol. The van der Waals surface area contributed by atoms with Crippen LogP contribution in [0.25, 0.3) is 0 Å². The molecule has 2 fully saturated rings. The number of hydrogen-bond acceptors (Lipinski definition) is 3. The van der Waals surface area contributed by atoms with Gasteiger partial charge >= 0.3 is 6.09 Å². The molecule has 2 aliphatic rings. The first kappa shape index (κ1) is 16.7. The number of allylic oxidation sites excluding steroid dienone is 2. The zero-order valence-corrected chi connectivity index (χ0v) is 14.4. The summed E-state index contributed by atoms with van der Waals surface area (Å²) < 4.78 is 5.50. The van der Waals surface area contributed by atoms with Crippen LogP contribution in [-0.4, -0.2) is 28.9 Å². The molecule has 4 heteroatoms. The van der Waals surface area contributed by atoms with Gasteiger partial charge in [0.2, 0.25) is 0 Å². The predicted octanol–water partition coefficient (Wildman–Crippen LogP) is 4.10. The molecule has 1 aromatic carbocycles. The lowest BCUT2D eigenvalue weighted by Gasteiger charge is -2.37. The van der Waals surface area contributed by atoms with Gasteiger partial charge < -0.3 is 9.64 Å². The minimum Gasteiger partial charge on any atom is -0.445 e. The van der Waals surface area contributed by atoms with Crippen molar-refractivity contribution >= 4 is 11.9 Å². The fourth-order valence-corrected chi connectivity index (χ4v) is 3.90. The van der Waals surface area contributed by atoms with Crippen LogP contribution < -0.4 is 0 Å². The first-order chi connectivity index (χ1) is 11.5. The van der Waals surface area contributed by atoms with E-state index in [-0.39, 0.29) is 29.9 Å². The molecular formula is C20H25NO3. The topological polar surface area (TPSA) is 46.6 Å². The number of benzene rings is 1. The molecule has 0 radical (unpaired) electrons. The van der Waals surface area contributed by atoms with E-state index in [0.29, 0.717) is 6.61 Å². The molecule has 3 rings (SSSR count). The van der Waals surface area contributed by atoms with Crippen LogP contribution in [0, 0.1) is 5.92 Å². The Morgan fingerprint density at radius 2 is 1.75 bits per heavy atom. The number of rotatable bonds is 4. The molecule has 0 saturated carbocycles. The van der Waals surface area contributed by atoms with Crippen molar-refractivity contribution in [2.45, 2.75) is 58.2 Å². The van der Waals surface area contributed by atoms with E-state index in [4.69, 9.17) is 4.74 Å². The van der Waals surface area contributed by atoms with Gasteiger partial charge in [-0.2, -0.15) is 0 Å². The number of piperidine rings is 1. The Balaban J connectivity index is 1.59. The number of carbonyl (C=O) groups excluding carboxylic acids is 2.